The summed E-state index contributed by atoms with van der Waals surface area (Å²) in [6, 6.07) is 8.41. The first-order chi connectivity index (χ1) is 8.75. The van der Waals surface area contributed by atoms with Crippen molar-refractivity contribution < 1.29 is 4.79 Å². The Kier molecular flexibility index (Phi) is 3.08. The predicted molar refractivity (Wildman–Crippen MR) is 72.6 cm³/mol. The summed E-state index contributed by atoms with van der Waals surface area (Å²) < 4.78 is 0. The smallest absolute Gasteiger partial charge is 0.228 e. The Morgan fingerprint density at radius 2 is 2.11 bits per heavy atom. The molecule has 2 aliphatic rings. The zero-order chi connectivity index (χ0) is 12.5. The maximum absolute atomic E-state index is 12.0. The van der Waals surface area contributed by atoms with E-state index in [1.54, 1.807) is 4.90 Å². The molecule has 3 rings (SSSR count). The van der Waals surface area contributed by atoms with Gasteiger partial charge in [-0.3, -0.25) is 4.79 Å². The molecule has 1 aromatic carbocycles. The van der Waals surface area contributed by atoms with Crippen LogP contribution in [0, 0.1) is 5.92 Å². The summed E-state index contributed by atoms with van der Waals surface area (Å²) in [5.74, 6) is 1.15. The molecule has 0 bridgehead atoms. The fourth-order valence-electron chi connectivity index (χ4n) is 2.69. The van der Waals surface area contributed by atoms with Gasteiger partial charge in [-0.2, -0.15) is 0 Å². The molecular formula is C15H20N2O. The van der Waals surface area contributed by atoms with E-state index in [2.05, 4.69) is 17.4 Å². The number of para-hydroxylation sites is 1. The molecule has 1 unspecified atom stereocenters. The minimum Gasteiger partial charge on any atom is -0.315 e. The van der Waals surface area contributed by atoms with Crippen LogP contribution in [0.5, 0.6) is 0 Å². The van der Waals surface area contributed by atoms with Gasteiger partial charge >= 0.3 is 0 Å². The molecule has 1 fully saturated rings. The van der Waals surface area contributed by atoms with Crippen LogP contribution in [-0.4, -0.2) is 19.5 Å². The van der Waals surface area contributed by atoms with Gasteiger partial charge in [0, 0.05) is 25.2 Å². The largest absolute Gasteiger partial charge is 0.315 e. The van der Waals surface area contributed by atoms with E-state index >= 15 is 0 Å². The summed E-state index contributed by atoms with van der Waals surface area (Å²) in [6.07, 6.45) is 4.62. The van der Waals surface area contributed by atoms with Gasteiger partial charge in [0.1, 0.15) is 0 Å². The molecule has 0 saturated heterocycles. The average molecular weight is 244 g/mol. The summed E-state index contributed by atoms with van der Waals surface area (Å²) in [4.78, 5) is 13.7. The maximum atomic E-state index is 12.0. The predicted octanol–water partition coefficient (Wildman–Crippen LogP) is 2.48. The molecule has 1 aliphatic carbocycles. The highest BCUT2D eigenvalue weighted by atomic mass is 16.2. The third-order valence-corrected chi connectivity index (χ3v) is 4.07. The lowest BCUT2D eigenvalue weighted by Gasteiger charge is -2.32. The molecule has 1 aromatic rings. The Labute approximate surface area is 108 Å². The van der Waals surface area contributed by atoms with E-state index in [1.165, 1.54) is 24.8 Å². The quantitative estimate of drug-likeness (QED) is 0.882. The number of amides is 1. The first-order valence-corrected chi connectivity index (χ1v) is 6.84. The number of rotatable bonds is 4. The molecular weight excluding hydrogens is 224 g/mol. The topological polar surface area (TPSA) is 32.3 Å². The fraction of sp³-hybridized carbons (Fsp3) is 0.533. The number of fused-ring (bicyclic) bond motifs is 1. The van der Waals surface area contributed by atoms with Gasteiger partial charge in [-0.25, -0.2) is 0 Å². The third-order valence-electron chi connectivity index (χ3n) is 4.07. The van der Waals surface area contributed by atoms with Crippen LogP contribution in [0.15, 0.2) is 24.3 Å². The van der Waals surface area contributed by atoms with Gasteiger partial charge in [-0.15, -0.1) is 0 Å². The highest BCUT2D eigenvalue weighted by Crippen LogP contribution is 2.35. The highest BCUT2D eigenvalue weighted by Gasteiger charge is 2.29. The summed E-state index contributed by atoms with van der Waals surface area (Å²) in [6.45, 7) is 1.03. The minimum atomic E-state index is 0.198. The fourth-order valence-corrected chi connectivity index (χ4v) is 2.69. The molecule has 0 spiro atoms. The molecule has 1 aliphatic heterocycles. The van der Waals surface area contributed by atoms with Crippen molar-refractivity contribution in [3.8, 4) is 0 Å². The summed E-state index contributed by atoms with van der Waals surface area (Å²) in [5.41, 5.74) is 2.31. The molecule has 1 saturated carbocycles. The van der Waals surface area contributed by atoms with Crippen molar-refractivity contribution in [3.63, 3.8) is 0 Å². The van der Waals surface area contributed by atoms with Crippen LogP contribution in [0.3, 0.4) is 0 Å². The molecule has 18 heavy (non-hydrogen) atoms. The standard InChI is InChI=1S/C15H20N2O/c1-17-14-5-3-2-4-12(14)13(10-15(17)18)16-9-8-11-6-7-11/h2-5,11,13,16H,6-10H2,1H3. The summed E-state index contributed by atoms with van der Waals surface area (Å²) >= 11 is 0. The Morgan fingerprint density at radius 1 is 1.33 bits per heavy atom. The number of anilines is 1. The van der Waals surface area contributed by atoms with E-state index in [0.29, 0.717) is 6.42 Å². The number of carbonyl (C=O) groups excluding carboxylic acids is 1. The first kappa shape index (κ1) is 11.7. The van der Waals surface area contributed by atoms with Gasteiger partial charge < -0.3 is 10.2 Å². The molecule has 1 atom stereocenters. The normalized spacial score (nSPS) is 23.1. The van der Waals surface area contributed by atoms with E-state index in [4.69, 9.17) is 0 Å². The van der Waals surface area contributed by atoms with Crippen molar-refractivity contribution in [2.45, 2.75) is 31.7 Å². The number of nitrogens with zero attached hydrogens (tertiary/aromatic N) is 1. The van der Waals surface area contributed by atoms with Crippen molar-refractivity contribution in [2.24, 2.45) is 5.92 Å². The van der Waals surface area contributed by atoms with Crippen molar-refractivity contribution in [2.75, 3.05) is 18.5 Å². The molecule has 3 nitrogen and oxygen atoms in total. The van der Waals surface area contributed by atoms with Gasteiger partial charge in [0.25, 0.3) is 0 Å². The van der Waals surface area contributed by atoms with Crippen LogP contribution in [0.1, 0.15) is 37.3 Å². The van der Waals surface area contributed by atoms with E-state index in [9.17, 15) is 4.79 Å². The monoisotopic (exact) mass is 244 g/mol. The molecule has 0 radical (unpaired) electrons. The zero-order valence-corrected chi connectivity index (χ0v) is 10.9. The van der Waals surface area contributed by atoms with Crippen molar-refractivity contribution >= 4 is 11.6 Å². The Hall–Kier alpha value is -1.35. The van der Waals surface area contributed by atoms with Crippen LogP contribution in [0.4, 0.5) is 5.69 Å². The molecule has 1 N–H and O–H groups in total. The van der Waals surface area contributed by atoms with Crippen LogP contribution in [-0.2, 0) is 4.79 Å². The molecule has 0 aromatic heterocycles. The van der Waals surface area contributed by atoms with E-state index in [1.807, 2.05) is 19.2 Å². The van der Waals surface area contributed by atoms with E-state index < -0.39 is 0 Å². The van der Waals surface area contributed by atoms with Crippen LogP contribution in [0.2, 0.25) is 0 Å². The lowest BCUT2D eigenvalue weighted by Crippen LogP contribution is -2.38. The number of benzene rings is 1. The van der Waals surface area contributed by atoms with Crippen LogP contribution >= 0.6 is 0 Å². The maximum Gasteiger partial charge on any atom is 0.228 e. The number of hydrogen-bond acceptors (Lipinski definition) is 2. The molecule has 96 valence electrons. The number of nitrogens with one attached hydrogen (secondary N) is 1. The van der Waals surface area contributed by atoms with Gasteiger partial charge in [-0.05, 0) is 30.5 Å². The second-order valence-electron chi connectivity index (χ2n) is 5.45. The van der Waals surface area contributed by atoms with E-state index in [-0.39, 0.29) is 11.9 Å². The lowest BCUT2D eigenvalue weighted by atomic mass is 9.96. The second kappa shape index (κ2) is 4.73. The molecule has 3 heteroatoms. The molecule has 1 heterocycles. The van der Waals surface area contributed by atoms with Gasteiger partial charge in [-0.1, -0.05) is 31.0 Å². The van der Waals surface area contributed by atoms with Gasteiger partial charge in [0.2, 0.25) is 5.91 Å². The Bertz CT molecular complexity index is 454. The first-order valence-electron chi connectivity index (χ1n) is 6.84. The van der Waals surface area contributed by atoms with Crippen molar-refractivity contribution in [1.82, 2.24) is 5.32 Å². The van der Waals surface area contributed by atoms with Gasteiger partial charge in [0.15, 0.2) is 0 Å². The zero-order valence-electron chi connectivity index (χ0n) is 10.9. The third kappa shape index (κ3) is 2.27. The lowest BCUT2D eigenvalue weighted by molar-refractivity contribution is -0.119. The number of hydrogen-bond donors (Lipinski definition) is 1. The highest BCUT2D eigenvalue weighted by molar-refractivity contribution is 5.96. The van der Waals surface area contributed by atoms with Crippen molar-refractivity contribution in [1.29, 1.82) is 0 Å². The second-order valence-corrected chi connectivity index (χ2v) is 5.45. The summed E-state index contributed by atoms with van der Waals surface area (Å²) in [5, 5.41) is 3.55. The van der Waals surface area contributed by atoms with Crippen molar-refractivity contribution in [3.05, 3.63) is 29.8 Å². The SMILES string of the molecule is CN1C(=O)CC(NCCC2CC2)c2ccccc21. The van der Waals surface area contributed by atoms with Gasteiger partial charge in [0.05, 0.1) is 0 Å². The van der Waals surface area contributed by atoms with Crippen LogP contribution < -0.4 is 10.2 Å². The van der Waals surface area contributed by atoms with E-state index in [0.717, 1.165) is 18.2 Å². The Balaban J connectivity index is 1.73. The average Bonchev–Trinajstić information content (AvgIpc) is 3.19. The summed E-state index contributed by atoms with van der Waals surface area (Å²) in [7, 11) is 1.86. The minimum absolute atomic E-state index is 0.198. The Morgan fingerprint density at radius 3 is 2.89 bits per heavy atom. The molecule has 1 amide bonds. The number of carbonyl (C=O) groups is 1. The van der Waals surface area contributed by atoms with Crippen LogP contribution in [0.25, 0.3) is 0 Å².